The van der Waals surface area contributed by atoms with Gasteiger partial charge in [-0.15, -0.1) is 0 Å². The molecule has 3 rings (SSSR count). The van der Waals surface area contributed by atoms with Crippen LogP contribution in [-0.2, 0) is 4.74 Å². The van der Waals surface area contributed by atoms with Crippen molar-refractivity contribution in [2.75, 3.05) is 12.3 Å². The van der Waals surface area contributed by atoms with Gasteiger partial charge in [0.2, 0.25) is 0 Å². The van der Waals surface area contributed by atoms with Gasteiger partial charge in [0, 0.05) is 28.5 Å². The van der Waals surface area contributed by atoms with Crippen LogP contribution in [0.4, 0.5) is 5.69 Å². The molecule has 0 spiro atoms. The molecule has 1 unspecified atom stereocenters. The minimum absolute atomic E-state index is 0.0790. The van der Waals surface area contributed by atoms with E-state index < -0.39 is 0 Å². The molecule has 2 N–H and O–H groups in total. The van der Waals surface area contributed by atoms with E-state index in [0.717, 1.165) is 40.9 Å². The van der Waals surface area contributed by atoms with Gasteiger partial charge in [-0.2, -0.15) is 5.10 Å². The molecule has 1 atom stereocenters. The summed E-state index contributed by atoms with van der Waals surface area (Å²) >= 11 is 3.40. The number of hydrogen-bond acceptors (Lipinski definition) is 3. The molecule has 1 aliphatic rings. The first kappa shape index (κ1) is 12.7. The fourth-order valence-corrected chi connectivity index (χ4v) is 2.53. The molecule has 0 amide bonds. The monoisotopic (exact) mass is 321 g/mol. The minimum atomic E-state index is 0.0790. The van der Waals surface area contributed by atoms with Crippen LogP contribution in [0.3, 0.4) is 0 Å². The number of nitrogen functional groups attached to an aromatic ring is 1. The standard InChI is InChI=1S/C14H16BrN3O/c15-11-5-4-10(9-12(11)16)13-6-7-18(17-13)14-3-1-2-8-19-14/h4-7,9,14H,1-3,8,16H2. The summed E-state index contributed by atoms with van der Waals surface area (Å²) in [5, 5.41) is 4.60. The number of benzene rings is 1. The van der Waals surface area contributed by atoms with E-state index in [1.54, 1.807) is 0 Å². The molecule has 1 aromatic carbocycles. The van der Waals surface area contributed by atoms with Crippen molar-refractivity contribution in [3.63, 3.8) is 0 Å². The summed E-state index contributed by atoms with van der Waals surface area (Å²) in [4.78, 5) is 0. The van der Waals surface area contributed by atoms with Crippen molar-refractivity contribution >= 4 is 21.6 Å². The van der Waals surface area contributed by atoms with E-state index in [1.807, 2.05) is 35.1 Å². The molecule has 2 aromatic rings. The van der Waals surface area contributed by atoms with Crippen LogP contribution in [-0.4, -0.2) is 16.4 Å². The zero-order valence-electron chi connectivity index (χ0n) is 10.6. The van der Waals surface area contributed by atoms with Gasteiger partial charge in [-0.25, -0.2) is 4.68 Å². The molecular weight excluding hydrogens is 306 g/mol. The first-order chi connectivity index (χ1) is 9.24. The van der Waals surface area contributed by atoms with E-state index in [1.165, 1.54) is 6.42 Å². The number of halogens is 1. The fraction of sp³-hybridized carbons (Fsp3) is 0.357. The average Bonchev–Trinajstić information content (AvgIpc) is 2.93. The van der Waals surface area contributed by atoms with Crippen LogP contribution in [0, 0.1) is 0 Å². The lowest BCUT2D eigenvalue weighted by atomic mass is 10.1. The third-order valence-corrected chi connectivity index (χ3v) is 4.07. The Morgan fingerprint density at radius 1 is 1.32 bits per heavy atom. The number of aromatic nitrogens is 2. The van der Waals surface area contributed by atoms with E-state index in [0.29, 0.717) is 0 Å². The van der Waals surface area contributed by atoms with Crippen molar-refractivity contribution in [2.24, 2.45) is 0 Å². The van der Waals surface area contributed by atoms with Crippen molar-refractivity contribution in [3.8, 4) is 11.3 Å². The fourth-order valence-electron chi connectivity index (χ4n) is 2.29. The smallest absolute Gasteiger partial charge is 0.150 e. The minimum Gasteiger partial charge on any atom is -0.398 e. The molecule has 1 aromatic heterocycles. The van der Waals surface area contributed by atoms with Gasteiger partial charge in [0.25, 0.3) is 0 Å². The highest BCUT2D eigenvalue weighted by Crippen LogP contribution is 2.28. The van der Waals surface area contributed by atoms with Crippen LogP contribution < -0.4 is 5.73 Å². The van der Waals surface area contributed by atoms with Crippen LogP contribution in [0.2, 0.25) is 0 Å². The second kappa shape index (κ2) is 5.35. The van der Waals surface area contributed by atoms with Crippen LogP contribution >= 0.6 is 15.9 Å². The van der Waals surface area contributed by atoms with Crippen molar-refractivity contribution < 1.29 is 4.74 Å². The Morgan fingerprint density at radius 2 is 2.21 bits per heavy atom. The molecule has 1 fully saturated rings. The van der Waals surface area contributed by atoms with Crippen molar-refractivity contribution in [1.82, 2.24) is 9.78 Å². The van der Waals surface area contributed by atoms with E-state index in [-0.39, 0.29) is 6.23 Å². The zero-order chi connectivity index (χ0) is 13.2. The van der Waals surface area contributed by atoms with Gasteiger partial charge in [0.15, 0.2) is 0 Å². The summed E-state index contributed by atoms with van der Waals surface area (Å²) in [6, 6.07) is 7.88. The summed E-state index contributed by atoms with van der Waals surface area (Å²) in [7, 11) is 0. The molecule has 5 heteroatoms. The maximum absolute atomic E-state index is 5.90. The predicted octanol–water partition coefficient (Wildman–Crippen LogP) is 3.59. The Labute approximate surface area is 120 Å². The molecule has 2 heterocycles. The second-order valence-corrected chi connectivity index (χ2v) is 5.59. The van der Waals surface area contributed by atoms with E-state index >= 15 is 0 Å². The normalized spacial score (nSPS) is 19.5. The molecule has 0 bridgehead atoms. The van der Waals surface area contributed by atoms with Gasteiger partial charge in [-0.05, 0) is 53.4 Å². The molecule has 0 radical (unpaired) electrons. The lowest BCUT2D eigenvalue weighted by molar-refractivity contribution is -0.0393. The van der Waals surface area contributed by atoms with Crippen molar-refractivity contribution in [1.29, 1.82) is 0 Å². The summed E-state index contributed by atoms with van der Waals surface area (Å²) in [5.41, 5.74) is 8.57. The van der Waals surface area contributed by atoms with E-state index in [9.17, 15) is 0 Å². The molecule has 0 saturated carbocycles. The van der Waals surface area contributed by atoms with Crippen LogP contribution in [0.25, 0.3) is 11.3 Å². The number of nitrogens with two attached hydrogens (primary N) is 1. The predicted molar refractivity (Wildman–Crippen MR) is 78.6 cm³/mol. The quantitative estimate of drug-likeness (QED) is 0.860. The first-order valence-electron chi connectivity index (χ1n) is 6.46. The Hall–Kier alpha value is -1.33. The number of ether oxygens (including phenoxy) is 1. The molecule has 19 heavy (non-hydrogen) atoms. The van der Waals surface area contributed by atoms with Gasteiger partial charge < -0.3 is 10.5 Å². The number of nitrogens with zero attached hydrogens (tertiary/aromatic N) is 2. The third-order valence-electron chi connectivity index (χ3n) is 3.35. The molecule has 0 aliphatic carbocycles. The lowest BCUT2D eigenvalue weighted by Crippen LogP contribution is -2.18. The third kappa shape index (κ3) is 2.67. The largest absolute Gasteiger partial charge is 0.398 e. The van der Waals surface area contributed by atoms with Crippen LogP contribution in [0.15, 0.2) is 34.9 Å². The van der Waals surface area contributed by atoms with Crippen LogP contribution in [0.5, 0.6) is 0 Å². The highest BCUT2D eigenvalue weighted by Gasteiger charge is 2.16. The van der Waals surface area contributed by atoms with Gasteiger partial charge in [0.05, 0.1) is 5.69 Å². The molecule has 4 nitrogen and oxygen atoms in total. The molecule has 1 saturated heterocycles. The number of rotatable bonds is 2. The Morgan fingerprint density at radius 3 is 2.95 bits per heavy atom. The van der Waals surface area contributed by atoms with E-state index in [4.69, 9.17) is 10.5 Å². The van der Waals surface area contributed by atoms with Crippen LogP contribution in [0.1, 0.15) is 25.5 Å². The van der Waals surface area contributed by atoms with Gasteiger partial charge in [0.1, 0.15) is 6.23 Å². The zero-order valence-corrected chi connectivity index (χ0v) is 12.1. The second-order valence-electron chi connectivity index (χ2n) is 4.74. The number of anilines is 1. The molecule has 100 valence electrons. The van der Waals surface area contributed by atoms with Gasteiger partial charge in [-0.1, -0.05) is 6.07 Å². The summed E-state index contributed by atoms with van der Waals surface area (Å²) in [6.45, 7) is 0.824. The van der Waals surface area contributed by atoms with E-state index in [2.05, 4.69) is 21.0 Å². The first-order valence-corrected chi connectivity index (χ1v) is 7.25. The average molecular weight is 322 g/mol. The maximum atomic E-state index is 5.90. The van der Waals surface area contributed by atoms with Crippen molar-refractivity contribution in [2.45, 2.75) is 25.5 Å². The van der Waals surface area contributed by atoms with Crippen molar-refractivity contribution in [3.05, 3.63) is 34.9 Å². The molecular formula is C14H16BrN3O. The van der Waals surface area contributed by atoms with Gasteiger partial charge in [-0.3, -0.25) is 0 Å². The summed E-state index contributed by atoms with van der Waals surface area (Å²) < 4.78 is 8.54. The number of hydrogen-bond donors (Lipinski definition) is 1. The molecule has 1 aliphatic heterocycles. The lowest BCUT2D eigenvalue weighted by Gasteiger charge is -2.22. The highest BCUT2D eigenvalue weighted by molar-refractivity contribution is 9.10. The topological polar surface area (TPSA) is 53.1 Å². The maximum Gasteiger partial charge on any atom is 0.150 e. The van der Waals surface area contributed by atoms with Gasteiger partial charge >= 0.3 is 0 Å². The Bertz CT molecular complexity index is 576. The summed E-state index contributed by atoms with van der Waals surface area (Å²) in [6.07, 6.45) is 5.43. The SMILES string of the molecule is Nc1cc(-c2ccn(C3CCCCO3)n2)ccc1Br. The Kier molecular flexibility index (Phi) is 3.57. The Balaban J connectivity index is 1.85. The highest BCUT2D eigenvalue weighted by atomic mass is 79.9. The summed E-state index contributed by atoms with van der Waals surface area (Å²) in [5.74, 6) is 0.